The average Bonchev–Trinajstić information content (AvgIpc) is 2.46. The van der Waals surface area contributed by atoms with Gasteiger partial charge in [0.05, 0.1) is 0 Å². The highest BCUT2D eigenvalue weighted by Crippen LogP contribution is 2.27. The van der Waals surface area contributed by atoms with Crippen molar-refractivity contribution < 1.29 is 0 Å². The topological polar surface area (TPSA) is 15.3 Å². The van der Waals surface area contributed by atoms with E-state index < -0.39 is 0 Å². The van der Waals surface area contributed by atoms with Crippen molar-refractivity contribution in [3.05, 3.63) is 35.9 Å². The highest BCUT2D eigenvalue weighted by atomic mass is 15.1. The van der Waals surface area contributed by atoms with Crippen molar-refractivity contribution in [2.75, 3.05) is 26.2 Å². The van der Waals surface area contributed by atoms with E-state index in [1.807, 2.05) is 0 Å². The van der Waals surface area contributed by atoms with Crippen LogP contribution in [-0.2, 0) is 5.41 Å². The second kappa shape index (κ2) is 9.22. The number of benzene rings is 1. The second-order valence-electron chi connectivity index (χ2n) is 6.74. The monoisotopic (exact) mass is 290 g/mol. The van der Waals surface area contributed by atoms with Crippen molar-refractivity contribution in [2.45, 2.75) is 58.9 Å². The fraction of sp³-hybridized carbons (Fsp3) is 0.684. The van der Waals surface area contributed by atoms with E-state index in [2.05, 4.69) is 75.2 Å². The minimum Gasteiger partial charge on any atom is -0.313 e. The molecule has 1 aromatic rings. The van der Waals surface area contributed by atoms with Gasteiger partial charge in [-0.2, -0.15) is 0 Å². The maximum atomic E-state index is 3.69. The summed E-state index contributed by atoms with van der Waals surface area (Å²) in [6.07, 6.45) is 2.40. The second-order valence-corrected chi connectivity index (χ2v) is 6.74. The van der Waals surface area contributed by atoms with E-state index in [0.717, 1.165) is 26.1 Å². The van der Waals surface area contributed by atoms with Gasteiger partial charge in [0.2, 0.25) is 0 Å². The molecule has 0 spiro atoms. The number of rotatable bonds is 10. The standard InChI is InChI=1S/C19H34N2/c1-6-14-21(7-2)15-13-20-17(3)16-19(4,5)18-11-9-8-10-12-18/h8-12,17,20H,6-7,13-16H2,1-5H3. The lowest BCUT2D eigenvalue weighted by atomic mass is 9.79. The Labute approximate surface area is 131 Å². The highest BCUT2D eigenvalue weighted by Gasteiger charge is 2.22. The van der Waals surface area contributed by atoms with Crippen LogP contribution in [0.1, 0.15) is 53.0 Å². The third-order valence-electron chi connectivity index (χ3n) is 4.28. The van der Waals surface area contributed by atoms with Crippen molar-refractivity contribution in [3.63, 3.8) is 0 Å². The first-order valence-electron chi connectivity index (χ1n) is 8.50. The van der Waals surface area contributed by atoms with Gasteiger partial charge >= 0.3 is 0 Å². The first kappa shape index (κ1) is 18.2. The van der Waals surface area contributed by atoms with Crippen molar-refractivity contribution in [3.8, 4) is 0 Å². The molecule has 0 saturated carbocycles. The van der Waals surface area contributed by atoms with Crippen LogP contribution in [0, 0.1) is 0 Å². The molecule has 1 atom stereocenters. The van der Waals surface area contributed by atoms with Crippen LogP contribution in [0.4, 0.5) is 0 Å². The van der Waals surface area contributed by atoms with Crippen LogP contribution in [-0.4, -0.2) is 37.1 Å². The van der Waals surface area contributed by atoms with Crippen LogP contribution in [0.25, 0.3) is 0 Å². The molecule has 2 nitrogen and oxygen atoms in total. The number of hydrogen-bond donors (Lipinski definition) is 1. The molecule has 1 N–H and O–H groups in total. The fourth-order valence-electron chi connectivity index (χ4n) is 3.06. The van der Waals surface area contributed by atoms with E-state index in [1.54, 1.807) is 0 Å². The van der Waals surface area contributed by atoms with Crippen LogP contribution in [0.5, 0.6) is 0 Å². The largest absolute Gasteiger partial charge is 0.313 e. The van der Waals surface area contributed by atoms with E-state index in [0.29, 0.717) is 6.04 Å². The lowest BCUT2D eigenvalue weighted by Gasteiger charge is -2.30. The van der Waals surface area contributed by atoms with E-state index in [9.17, 15) is 0 Å². The van der Waals surface area contributed by atoms with Gasteiger partial charge in [-0.25, -0.2) is 0 Å². The molecule has 0 heterocycles. The fourth-order valence-corrected chi connectivity index (χ4v) is 3.06. The summed E-state index contributed by atoms with van der Waals surface area (Å²) in [7, 11) is 0. The average molecular weight is 290 g/mol. The summed E-state index contributed by atoms with van der Waals surface area (Å²) in [6, 6.07) is 11.4. The molecule has 0 aliphatic carbocycles. The zero-order chi connectivity index (χ0) is 15.7. The number of nitrogens with zero attached hydrogens (tertiary/aromatic N) is 1. The van der Waals surface area contributed by atoms with Gasteiger partial charge in [-0.1, -0.05) is 58.0 Å². The van der Waals surface area contributed by atoms with Crippen molar-refractivity contribution in [1.29, 1.82) is 0 Å². The van der Waals surface area contributed by atoms with E-state index >= 15 is 0 Å². The maximum Gasteiger partial charge on any atom is 0.0107 e. The molecule has 0 aliphatic rings. The minimum atomic E-state index is 0.224. The molecule has 0 radical (unpaired) electrons. The lowest BCUT2D eigenvalue weighted by Crippen LogP contribution is -2.38. The van der Waals surface area contributed by atoms with E-state index in [-0.39, 0.29) is 5.41 Å². The Hall–Kier alpha value is -0.860. The minimum absolute atomic E-state index is 0.224. The molecule has 1 rings (SSSR count). The van der Waals surface area contributed by atoms with E-state index in [1.165, 1.54) is 18.5 Å². The summed E-state index contributed by atoms with van der Waals surface area (Å²) in [6.45, 7) is 16.1. The Bertz CT molecular complexity index is 372. The smallest absolute Gasteiger partial charge is 0.0107 e. The van der Waals surface area contributed by atoms with Crippen molar-refractivity contribution in [2.24, 2.45) is 0 Å². The number of nitrogens with one attached hydrogen (secondary N) is 1. The summed E-state index contributed by atoms with van der Waals surface area (Å²) < 4.78 is 0. The molecule has 0 amide bonds. The van der Waals surface area contributed by atoms with Gasteiger partial charge in [0, 0.05) is 19.1 Å². The molecule has 0 bridgehead atoms. The Kier molecular flexibility index (Phi) is 7.98. The molecule has 1 aromatic carbocycles. The van der Waals surface area contributed by atoms with Crippen LogP contribution in [0.15, 0.2) is 30.3 Å². The molecule has 2 heteroatoms. The molecule has 0 aromatic heterocycles. The summed E-state index contributed by atoms with van der Waals surface area (Å²) >= 11 is 0. The molecule has 0 saturated heterocycles. The molecule has 1 unspecified atom stereocenters. The summed E-state index contributed by atoms with van der Waals surface area (Å²) in [5.41, 5.74) is 1.65. The lowest BCUT2D eigenvalue weighted by molar-refractivity contribution is 0.278. The Morgan fingerprint density at radius 2 is 1.76 bits per heavy atom. The van der Waals surface area contributed by atoms with Gasteiger partial charge in [-0.3, -0.25) is 0 Å². The quantitative estimate of drug-likeness (QED) is 0.699. The first-order chi connectivity index (χ1) is 9.99. The molecular formula is C19H34N2. The Morgan fingerprint density at radius 1 is 1.10 bits per heavy atom. The SMILES string of the molecule is CCCN(CC)CCNC(C)CC(C)(C)c1ccccc1. The van der Waals surface area contributed by atoms with Crippen LogP contribution >= 0.6 is 0 Å². The van der Waals surface area contributed by atoms with E-state index in [4.69, 9.17) is 0 Å². The Morgan fingerprint density at radius 3 is 2.33 bits per heavy atom. The van der Waals surface area contributed by atoms with Crippen LogP contribution in [0.3, 0.4) is 0 Å². The third kappa shape index (κ3) is 6.62. The first-order valence-corrected chi connectivity index (χ1v) is 8.50. The van der Waals surface area contributed by atoms with Gasteiger partial charge in [-0.05, 0) is 43.8 Å². The predicted octanol–water partition coefficient (Wildman–Crippen LogP) is 4.06. The normalized spacial score (nSPS) is 13.6. The van der Waals surface area contributed by atoms with Gasteiger partial charge in [0.1, 0.15) is 0 Å². The Balaban J connectivity index is 2.37. The zero-order valence-electron chi connectivity index (χ0n) is 14.7. The number of likely N-dealkylation sites (N-methyl/N-ethyl adjacent to an activating group) is 1. The molecule has 0 aliphatic heterocycles. The highest BCUT2D eigenvalue weighted by molar-refractivity contribution is 5.23. The molecular weight excluding hydrogens is 256 g/mol. The summed E-state index contributed by atoms with van der Waals surface area (Å²) in [5.74, 6) is 0. The van der Waals surface area contributed by atoms with Gasteiger partial charge in [-0.15, -0.1) is 0 Å². The van der Waals surface area contributed by atoms with Crippen LogP contribution < -0.4 is 5.32 Å². The molecule has 120 valence electrons. The van der Waals surface area contributed by atoms with Crippen LogP contribution in [0.2, 0.25) is 0 Å². The van der Waals surface area contributed by atoms with Crippen molar-refractivity contribution in [1.82, 2.24) is 10.2 Å². The van der Waals surface area contributed by atoms with Gasteiger partial charge in [0.15, 0.2) is 0 Å². The summed E-state index contributed by atoms with van der Waals surface area (Å²) in [5, 5.41) is 3.69. The van der Waals surface area contributed by atoms with Gasteiger partial charge in [0.25, 0.3) is 0 Å². The van der Waals surface area contributed by atoms with Gasteiger partial charge < -0.3 is 10.2 Å². The zero-order valence-corrected chi connectivity index (χ0v) is 14.7. The molecule has 21 heavy (non-hydrogen) atoms. The third-order valence-corrected chi connectivity index (χ3v) is 4.28. The summed E-state index contributed by atoms with van der Waals surface area (Å²) in [4.78, 5) is 2.52. The van der Waals surface area contributed by atoms with Crippen molar-refractivity contribution >= 4 is 0 Å². The predicted molar refractivity (Wildman–Crippen MR) is 94.0 cm³/mol. The molecule has 0 fully saturated rings. The number of hydrogen-bond acceptors (Lipinski definition) is 2. The maximum absolute atomic E-state index is 3.69.